The zero-order valence-electron chi connectivity index (χ0n) is 13.7. The second-order valence-corrected chi connectivity index (χ2v) is 4.85. The van der Waals surface area contributed by atoms with E-state index in [4.69, 9.17) is 19.5 Å². The summed E-state index contributed by atoms with van der Waals surface area (Å²) in [5.41, 5.74) is 0.848. The summed E-state index contributed by atoms with van der Waals surface area (Å²) in [4.78, 5) is 24.1. The Kier molecular flexibility index (Phi) is 5.96. The normalized spacial score (nSPS) is 9.64. The van der Waals surface area contributed by atoms with Gasteiger partial charge in [-0.15, -0.1) is 0 Å². The average molecular weight is 340 g/mol. The van der Waals surface area contributed by atoms with Crippen LogP contribution in [0.15, 0.2) is 42.5 Å². The zero-order valence-corrected chi connectivity index (χ0v) is 13.7. The van der Waals surface area contributed by atoms with Gasteiger partial charge in [-0.05, 0) is 24.3 Å². The third kappa shape index (κ3) is 4.48. The van der Waals surface area contributed by atoms with Crippen molar-refractivity contribution in [3.63, 3.8) is 0 Å². The van der Waals surface area contributed by atoms with Crippen molar-refractivity contribution < 1.29 is 23.8 Å². The Morgan fingerprint density at radius 2 is 1.88 bits per heavy atom. The van der Waals surface area contributed by atoms with Crippen molar-refractivity contribution in [1.82, 2.24) is 0 Å². The van der Waals surface area contributed by atoms with Crippen molar-refractivity contribution in [2.45, 2.75) is 0 Å². The number of ether oxygens (including phenoxy) is 3. The molecule has 7 nitrogen and oxygen atoms in total. The third-order valence-corrected chi connectivity index (χ3v) is 3.28. The van der Waals surface area contributed by atoms with Crippen LogP contribution in [0.3, 0.4) is 0 Å². The largest absolute Gasteiger partial charge is 0.497 e. The lowest BCUT2D eigenvalue weighted by atomic mass is 10.2. The Hall–Kier alpha value is -3.53. The maximum absolute atomic E-state index is 12.1. The zero-order chi connectivity index (χ0) is 18.2. The third-order valence-electron chi connectivity index (χ3n) is 3.28. The number of hydrogen-bond acceptors (Lipinski definition) is 6. The molecule has 0 saturated heterocycles. The van der Waals surface area contributed by atoms with E-state index in [9.17, 15) is 9.59 Å². The summed E-state index contributed by atoms with van der Waals surface area (Å²) < 4.78 is 15.2. The first kappa shape index (κ1) is 17.8. The number of rotatable bonds is 6. The Labute approximate surface area is 144 Å². The van der Waals surface area contributed by atoms with Crippen LogP contribution in [0.5, 0.6) is 11.5 Å². The predicted molar refractivity (Wildman–Crippen MR) is 89.6 cm³/mol. The average Bonchev–Trinajstić information content (AvgIpc) is 2.65. The standard InChI is InChI=1S/C18H16N2O5/c1-23-13-7-8-14(16(9-13)24-2)18(22)25-11-17(21)20-15-6-4-3-5-12(15)10-19/h3-9H,11H2,1-2H3,(H,20,21). The molecule has 0 unspecified atom stereocenters. The van der Waals surface area contributed by atoms with Crippen LogP contribution in [0.2, 0.25) is 0 Å². The van der Waals surface area contributed by atoms with Gasteiger partial charge in [0.1, 0.15) is 23.1 Å². The van der Waals surface area contributed by atoms with Crippen molar-refractivity contribution in [3.05, 3.63) is 53.6 Å². The highest BCUT2D eigenvalue weighted by atomic mass is 16.5. The quantitative estimate of drug-likeness (QED) is 0.811. The van der Waals surface area contributed by atoms with Crippen LogP contribution in [-0.4, -0.2) is 32.7 Å². The summed E-state index contributed by atoms with van der Waals surface area (Å²) in [6.07, 6.45) is 0. The maximum Gasteiger partial charge on any atom is 0.342 e. The molecule has 0 aliphatic heterocycles. The van der Waals surface area contributed by atoms with Crippen molar-refractivity contribution >= 4 is 17.6 Å². The van der Waals surface area contributed by atoms with Crippen LogP contribution < -0.4 is 14.8 Å². The monoisotopic (exact) mass is 340 g/mol. The molecule has 2 rings (SSSR count). The Morgan fingerprint density at radius 1 is 1.12 bits per heavy atom. The molecule has 0 fully saturated rings. The lowest BCUT2D eigenvalue weighted by molar-refractivity contribution is -0.119. The summed E-state index contributed by atoms with van der Waals surface area (Å²) in [6.45, 7) is -0.492. The molecule has 0 saturated carbocycles. The van der Waals surface area contributed by atoms with E-state index in [2.05, 4.69) is 5.32 Å². The highest BCUT2D eigenvalue weighted by molar-refractivity contribution is 5.97. The van der Waals surface area contributed by atoms with Crippen molar-refractivity contribution in [3.8, 4) is 17.6 Å². The number of para-hydroxylation sites is 1. The lowest BCUT2D eigenvalue weighted by Gasteiger charge is -2.11. The molecule has 2 aromatic carbocycles. The summed E-state index contributed by atoms with van der Waals surface area (Å²) >= 11 is 0. The van der Waals surface area contributed by atoms with Gasteiger partial charge in [0, 0.05) is 6.07 Å². The fourth-order valence-electron chi connectivity index (χ4n) is 2.05. The summed E-state index contributed by atoms with van der Waals surface area (Å²) in [6, 6.07) is 13.1. The van der Waals surface area contributed by atoms with Crippen LogP contribution >= 0.6 is 0 Å². The fraction of sp³-hybridized carbons (Fsp3) is 0.167. The molecule has 0 atom stereocenters. The molecule has 0 radical (unpaired) electrons. The van der Waals surface area contributed by atoms with Gasteiger partial charge in [-0.3, -0.25) is 4.79 Å². The number of anilines is 1. The van der Waals surface area contributed by atoms with Gasteiger partial charge in [-0.1, -0.05) is 12.1 Å². The number of carbonyl (C=O) groups is 2. The molecule has 0 aliphatic rings. The number of benzene rings is 2. The van der Waals surface area contributed by atoms with E-state index in [0.717, 1.165) is 0 Å². The Balaban J connectivity index is 2.00. The molecule has 2 aromatic rings. The van der Waals surface area contributed by atoms with Gasteiger partial charge in [0.15, 0.2) is 6.61 Å². The van der Waals surface area contributed by atoms with Gasteiger partial charge in [-0.2, -0.15) is 5.26 Å². The molecule has 0 bridgehead atoms. The second-order valence-electron chi connectivity index (χ2n) is 4.85. The summed E-state index contributed by atoms with van der Waals surface area (Å²) in [7, 11) is 2.91. The van der Waals surface area contributed by atoms with Gasteiger partial charge >= 0.3 is 5.97 Å². The van der Waals surface area contributed by atoms with Gasteiger partial charge in [0.25, 0.3) is 5.91 Å². The van der Waals surface area contributed by atoms with Crippen molar-refractivity contribution in [1.29, 1.82) is 5.26 Å². The minimum absolute atomic E-state index is 0.175. The minimum atomic E-state index is -0.705. The summed E-state index contributed by atoms with van der Waals surface area (Å²) in [5.74, 6) is -0.453. The highest BCUT2D eigenvalue weighted by Gasteiger charge is 2.16. The molecule has 0 aliphatic carbocycles. The Morgan fingerprint density at radius 3 is 2.56 bits per heavy atom. The first-order chi connectivity index (χ1) is 12.1. The minimum Gasteiger partial charge on any atom is -0.497 e. The molecule has 128 valence electrons. The smallest absolute Gasteiger partial charge is 0.342 e. The molecular weight excluding hydrogens is 324 g/mol. The van der Waals surface area contributed by atoms with E-state index in [-0.39, 0.29) is 11.3 Å². The number of nitriles is 1. The number of nitrogens with one attached hydrogen (secondary N) is 1. The van der Waals surface area contributed by atoms with Crippen LogP contribution in [0.4, 0.5) is 5.69 Å². The highest BCUT2D eigenvalue weighted by Crippen LogP contribution is 2.25. The van der Waals surface area contributed by atoms with E-state index in [1.165, 1.54) is 20.3 Å². The number of nitrogens with zero attached hydrogens (tertiary/aromatic N) is 1. The number of amides is 1. The first-order valence-corrected chi connectivity index (χ1v) is 7.27. The number of carbonyl (C=O) groups excluding carboxylic acids is 2. The molecule has 1 amide bonds. The maximum atomic E-state index is 12.1. The first-order valence-electron chi connectivity index (χ1n) is 7.27. The predicted octanol–water partition coefficient (Wildman–Crippen LogP) is 2.37. The van der Waals surface area contributed by atoms with Crippen LogP contribution in [0.25, 0.3) is 0 Å². The number of methoxy groups -OCH3 is 2. The lowest BCUT2D eigenvalue weighted by Crippen LogP contribution is -2.21. The van der Waals surface area contributed by atoms with E-state index in [1.54, 1.807) is 36.4 Å². The van der Waals surface area contributed by atoms with Gasteiger partial charge in [0.2, 0.25) is 0 Å². The molecule has 0 spiro atoms. The van der Waals surface area contributed by atoms with Crippen LogP contribution in [0, 0.1) is 11.3 Å². The van der Waals surface area contributed by atoms with Crippen molar-refractivity contribution in [2.75, 3.05) is 26.1 Å². The molecular formula is C18H16N2O5. The molecule has 25 heavy (non-hydrogen) atoms. The van der Waals surface area contributed by atoms with Crippen molar-refractivity contribution in [2.24, 2.45) is 0 Å². The molecule has 0 heterocycles. The van der Waals surface area contributed by atoms with Gasteiger partial charge in [-0.25, -0.2) is 4.79 Å². The Bertz CT molecular complexity index is 826. The van der Waals surface area contributed by atoms with E-state index in [1.807, 2.05) is 6.07 Å². The molecule has 0 aromatic heterocycles. The van der Waals surface area contributed by atoms with Crippen LogP contribution in [-0.2, 0) is 9.53 Å². The molecule has 1 N–H and O–H groups in total. The second kappa shape index (κ2) is 8.36. The van der Waals surface area contributed by atoms with Crippen LogP contribution in [0.1, 0.15) is 15.9 Å². The topological polar surface area (TPSA) is 97.6 Å². The van der Waals surface area contributed by atoms with E-state index in [0.29, 0.717) is 17.0 Å². The summed E-state index contributed by atoms with van der Waals surface area (Å²) in [5, 5.41) is 11.5. The van der Waals surface area contributed by atoms with Gasteiger partial charge in [0.05, 0.1) is 25.5 Å². The van der Waals surface area contributed by atoms with Gasteiger partial charge < -0.3 is 19.5 Å². The SMILES string of the molecule is COc1ccc(C(=O)OCC(=O)Nc2ccccc2C#N)c(OC)c1. The van der Waals surface area contributed by atoms with E-state index >= 15 is 0 Å². The molecule has 7 heteroatoms. The fourth-order valence-corrected chi connectivity index (χ4v) is 2.05. The van der Waals surface area contributed by atoms with E-state index < -0.39 is 18.5 Å². The number of esters is 1. The number of hydrogen-bond donors (Lipinski definition) is 1.